The molecule has 2 rings (SSSR count). The van der Waals surface area contributed by atoms with Gasteiger partial charge in [-0.2, -0.15) is 0 Å². The summed E-state index contributed by atoms with van der Waals surface area (Å²) in [7, 11) is 0. The Balaban J connectivity index is 1.86. The fraction of sp³-hybridized carbons (Fsp3) is 0.167. The van der Waals surface area contributed by atoms with Crippen LogP contribution < -0.4 is 10.6 Å². The zero-order valence-corrected chi connectivity index (χ0v) is 14.9. The van der Waals surface area contributed by atoms with Crippen LogP contribution in [0.3, 0.4) is 0 Å². The number of aryl methyl sites for hydroxylation is 2. The third-order valence-corrected chi connectivity index (χ3v) is 3.63. The van der Waals surface area contributed by atoms with Crippen molar-refractivity contribution in [3.05, 3.63) is 58.1 Å². The number of imide groups is 1. The molecule has 2 aromatic carbocycles. The van der Waals surface area contributed by atoms with Gasteiger partial charge in [-0.05, 0) is 43.7 Å². The number of urea groups is 1. The minimum Gasteiger partial charge on any atom is -0.507 e. The van der Waals surface area contributed by atoms with Crippen LogP contribution in [0.4, 0.5) is 10.5 Å². The molecule has 0 saturated heterocycles. The molecule has 0 aromatic heterocycles. The third kappa shape index (κ3) is 5.22. The number of benzene rings is 2. The lowest BCUT2D eigenvalue weighted by Gasteiger charge is -2.10. The zero-order valence-electron chi connectivity index (χ0n) is 14.1. The van der Waals surface area contributed by atoms with E-state index in [4.69, 9.17) is 16.3 Å². The number of carbonyl (C=O) groups is 3. The van der Waals surface area contributed by atoms with Gasteiger partial charge in [0.05, 0.1) is 0 Å². The van der Waals surface area contributed by atoms with E-state index in [1.807, 2.05) is 26.0 Å². The Morgan fingerprint density at radius 3 is 2.50 bits per heavy atom. The van der Waals surface area contributed by atoms with E-state index >= 15 is 0 Å². The van der Waals surface area contributed by atoms with Crippen molar-refractivity contribution >= 4 is 35.2 Å². The molecule has 136 valence electrons. The lowest BCUT2D eigenvalue weighted by Crippen LogP contribution is -2.37. The fourth-order valence-corrected chi connectivity index (χ4v) is 2.32. The van der Waals surface area contributed by atoms with Crippen molar-refractivity contribution in [2.45, 2.75) is 13.8 Å². The summed E-state index contributed by atoms with van der Waals surface area (Å²) in [6.45, 7) is 3.07. The Labute approximate surface area is 154 Å². The van der Waals surface area contributed by atoms with Crippen LogP contribution in [-0.4, -0.2) is 29.6 Å². The van der Waals surface area contributed by atoms with Gasteiger partial charge in [-0.3, -0.25) is 10.1 Å². The van der Waals surface area contributed by atoms with E-state index in [-0.39, 0.29) is 16.3 Å². The van der Waals surface area contributed by atoms with Gasteiger partial charge in [0, 0.05) is 10.7 Å². The van der Waals surface area contributed by atoms with Gasteiger partial charge in [0.1, 0.15) is 11.3 Å². The smallest absolute Gasteiger partial charge is 0.342 e. The predicted octanol–water partition coefficient (Wildman–Crippen LogP) is 3.17. The van der Waals surface area contributed by atoms with E-state index in [2.05, 4.69) is 10.6 Å². The molecule has 0 aliphatic carbocycles. The van der Waals surface area contributed by atoms with Crippen LogP contribution in [0.2, 0.25) is 5.02 Å². The Hall–Kier alpha value is -3.06. The molecule has 3 amide bonds. The van der Waals surface area contributed by atoms with Crippen LogP contribution in [0.5, 0.6) is 5.75 Å². The molecular formula is C18H17ClN2O5. The molecule has 8 heteroatoms. The number of hydrogen-bond acceptors (Lipinski definition) is 5. The Morgan fingerprint density at radius 1 is 1.12 bits per heavy atom. The monoisotopic (exact) mass is 376 g/mol. The summed E-state index contributed by atoms with van der Waals surface area (Å²) in [4.78, 5) is 35.4. The molecule has 0 fully saturated rings. The van der Waals surface area contributed by atoms with Gasteiger partial charge < -0.3 is 15.2 Å². The number of nitrogens with one attached hydrogen (secondary N) is 2. The quantitative estimate of drug-likeness (QED) is 0.711. The molecule has 0 heterocycles. The number of aromatic hydroxyl groups is 1. The van der Waals surface area contributed by atoms with E-state index < -0.39 is 24.5 Å². The highest BCUT2D eigenvalue weighted by Gasteiger charge is 2.16. The van der Waals surface area contributed by atoms with Crippen LogP contribution in [-0.2, 0) is 9.53 Å². The second-order valence-corrected chi connectivity index (χ2v) is 5.99. The molecule has 0 unspecified atom stereocenters. The van der Waals surface area contributed by atoms with Crippen molar-refractivity contribution in [1.82, 2.24) is 5.32 Å². The first-order valence-corrected chi connectivity index (χ1v) is 7.98. The van der Waals surface area contributed by atoms with Crippen molar-refractivity contribution in [3.63, 3.8) is 0 Å². The summed E-state index contributed by atoms with van der Waals surface area (Å²) >= 11 is 5.67. The Kier molecular flexibility index (Phi) is 6.19. The van der Waals surface area contributed by atoms with Crippen LogP contribution in [0.1, 0.15) is 21.5 Å². The summed E-state index contributed by atoms with van der Waals surface area (Å²) < 4.78 is 4.77. The topological polar surface area (TPSA) is 105 Å². The molecule has 0 aliphatic heterocycles. The minimum atomic E-state index is -0.913. The molecular weight excluding hydrogens is 360 g/mol. The average molecular weight is 377 g/mol. The van der Waals surface area contributed by atoms with E-state index in [0.29, 0.717) is 5.69 Å². The normalized spacial score (nSPS) is 10.1. The molecule has 26 heavy (non-hydrogen) atoms. The molecule has 0 radical (unpaired) electrons. The Morgan fingerprint density at radius 2 is 1.85 bits per heavy atom. The number of carbonyl (C=O) groups excluding carboxylic acids is 3. The van der Waals surface area contributed by atoms with Gasteiger partial charge in [0.2, 0.25) is 0 Å². The number of phenolic OH excluding ortho intramolecular Hbond substituents is 1. The largest absolute Gasteiger partial charge is 0.507 e. The first kappa shape index (κ1) is 19.3. The highest BCUT2D eigenvalue weighted by Crippen LogP contribution is 2.22. The van der Waals surface area contributed by atoms with Gasteiger partial charge in [0.15, 0.2) is 6.61 Å². The zero-order chi connectivity index (χ0) is 19.3. The molecule has 0 spiro atoms. The fourth-order valence-electron chi connectivity index (χ4n) is 2.16. The average Bonchev–Trinajstić information content (AvgIpc) is 2.55. The summed E-state index contributed by atoms with van der Waals surface area (Å²) in [6.07, 6.45) is 0. The molecule has 3 N–H and O–H groups in total. The lowest BCUT2D eigenvalue weighted by atomic mass is 10.1. The first-order chi connectivity index (χ1) is 12.3. The van der Waals surface area contributed by atoms with Crippen LogP contribution in [0.25, 0.3) is 0 Å². The number of phenols is 1. The highest BCUT2D eigenvalue weighted by molar-refractivity contribution is 6.30. The minimum absolute atomic E-state index is 0.137. The van der Waals surface area contributed by atoms with Crippen molar-refractivity contribution in [3.8, 4) is 5.75 Å². The molecule has 0 atom stereocenters. The van der Waals surface area contributed by atoms with E-state index in [9.17, 15) is 19.5 Å². The number of halogens is 1. The van der Waals surface area contributed by atoms with Gasteiger partial charge in [-0.15, -0.1) is 0 Å². The summed E-state index contributed by atoms with van der Waals surface area (Å²) in [6, 6.07) is 8.53. The van der Waals surface area contributed by atoms with Crippen molar-refractivity contribution in [1.29, 1.82) is 0 Å². The van der Waals surface area contributed by atoms with Crippen LogP contribution in [0.15, 0.2) is 36.4 Å². The standard InChI is InChI=1S/C18H17ClN2O5/c1-10-3-6-14(11(2)7-10)20-18(25)21-16(23)9-26-17(24)13-5-4-12(19)8-15(13)22/h3-8,22H,9H2,1-2H3,(H2,20,21,23,25). The van der Waals surface area contributed by atoms with Crippen molar-refractivity contribution in [2.75, 3.05) is 11.9 Å². The molecule has 0 bridgehead atoms. The number of hydrogen-bond donors (Lipinski definition) is 3. The Bertz CT molecular complexity index is 867. The van der Waals surface area contributed by atoms with E-state index in [0.717, 1.165) is 11.1 Å². The molecule has 0 saturated carbocycles. The number of anilines is 1. The maximum Gasteiger partial charge on any atom is 0.342 e. The maximum absolute atomic E-state index is 11.8. The summed E-state index contributed by atoms with van der Waals surface area (Å²) in [5, 5.41) is 14.5. The molecule has 2 aromatic rings. The number of rotatable bonds is 4. The van der Waals surface area contributed by atoms with Gasteiger partial charge in [-0.25, -0.2) is 9.59 Å². The summed E-state index contributed by atoms with van der Waals surface area (Å²) in [5.41, 5.74) is 2.31. The summed E-state index contributed by atoms with van der Waals surface area (Å²) in [5.74, 6) is -2.09. The highest BCUT2D eigenvalue weighted by atomic mass is 35.5. The van der Waals surface area contributed by atoms with Gasteiger partial charge in [-0.1, -0.05) is 29.3 Å². The van der Waals surface area contributed by atoms with E-state index in [1.54, 1.807) is 6.07 Å². The lowest BCUT2D eigenvalue weighted by molar-refractivity contribution is -0.123. The second kappa shape index (κ2) is 8.35. The number of ether oxygens (including phenoxy) is 1. The maximum atomic E-state index is 11.8. The van der Waals surface area contributed by atoms with Crippen molar-refractivity contribution in [2.24, 2.45) is 0 Å². The molecule has 0 aliphatic rings. The van der Waals surface area contributed by atoms with E-state index in [1.165, 1.54) is 18.2 Å². The number of amides is 3. The first-order valence-electron chi connectivity index (χ1n) is 7.60. The van der Waals surface area contributed by atoms with Gasteiger partial charge >= 0.3 is 12.0 Å². The van der Waals surface area contributed by atoms with Gasteiger partial charge in [0.25, 0.3) is 5.91 Å². The van der Waals surface area contributed by atoms with Crippen LogP contribution in [0, 0.1) is 13.8 Å². The predicted molar refractivity (Wildman–Crippen MR) is 96.5 cm³/mol. The number of esters is 1. The second-order valence-electron chi connectivity index (χ2n) is 5.56. The van der Waals surface area contributed by atoms with Crippen LogP contribution >= 0.6 is 11.6 Å². The molecule has 7 nitrogen and oxygen atoms in total. The van der Waals surface area contributed by atoms with Crippen molar-refractivity contribution < 1.29 is 24.2 Å². The third-order valence-electron chi connectivity index (χ3n) is 3.40. The SMILES string of the molecule is Cc1ccc(NC(=O)NC(=O)COC(=O)c2ccc(Cl)cc2O)c(C)c1.